The van der Waals surface area contributed by atoms with Gasteiger partial charge in [0.1, 0.15) is 5.75 Å². The molecular formula is C19H22O3. The van der Waals surface area contributed by atoms with Crippen molar-refractivity contribution in [1.29, 1.82) is 0 Å². The molecule has 0 aliphatic rings. The van der Waals surface area contributed by atoms with Gasteiger partial charge < -0.3 is 9.84 Å². The Morgan fingerprint density at radius 2 is 1.64 bits per heavy atom. The molecule has 2 aromatic carbocycles. The lowest BCUT2D eigenvalue weighted by atomic mass is 9.85. The van der Waals surface area contributed by atoms with E-state index in [0.717, 1.165) is 33.6 Å². The van der Waals surface area contributed by atoms with Gasteiger partial charge in [-0.15, -0.1) is 0 Å². The molecule has 3 nitrogen and oxygen atoms in total. The third-order valence-electron chi connectivity index (χ3n) is 3.98. The van der Waals surface area contributed by atoms with Crippen molar-refractivity contribution < 1.29 is 14.6 Å². The molecule has 0 saturated carbocycles. The van der Waals surface area contributed by atoms with Crippen molar-refractivity contribution in [3.05, 3.63) is 64.2 Å². The molecular weight excluding hydrogens is 276 g/mol. The first-order valence-electron chi connectivity index (χ1n) is 7.36. The highest BCUT2D eigenvalue weighted by Gasteiger charge is 2.24. The maximum atomic E-state index is 11.8. The van der Waals surface area contributed by atoms with Crippen LogP contribution in [0.5, 0.6) is 5.75 Å². The van der Waals surface area contributed by atoms with E-state index in [9.17, 15) is 9.90 Å². The highest BCUT2D eigenvalue weighted by molar-refractivity contribution is 5.78. The molecule has 0 fully saturated rings. The average molecular weight is 298 g/mol. The van der Waals surface area contributed by atoms with Crippen LogP contribution in [0.25, 0.3) is 0 Å². The fraction of sp³-hybridized carbons (Fsp3) is 0.316. The molecule has 0 saturated heterocycles. The first-order valence-corrected chi connectivity index (χ1v) is 7.36. The lowest BCUT2D eigenvalue weighted by molar-refractivity contribution is -0.138. The lowest BCUT2D eigenvalue weighted by Crippen LogP contribution is -2.17. The summed E-state index contributed by atoms with van der Waals surface area (Å²) in [7, 11) is 1.62. The summed E-state index contributed by atoms with van der Waals surface area (Å²) in [6.07, 6.45) is 0.476. The van der Waals surface area contributed by atoms with Gasteiger partial charge in [0.15, 0.2) is 0 Å². The summed E-state index contributed by atoms with van der Waals surface area (Å²) < 4.78 is 5.14. The van der Waals surface area contributed by atoms with Gasteiger partial charge in [0.25, 0.3) is 0 Å². The zero-order chi connectivity index (χ0) is 16.3. The Bertz CT molecular complexity index is 649. The van der Waals surface area contributed by atoms with Crippen LogP contribution in [0.1, 0.15) is 33.7 Å². The van der Waals surface area contributed by atoms with Crippen molar-refractivity contribution >= 4 is 5.97 Å². The van der Waals surface area contributed by atoms with Crippen LogP contribution in [0.2, 0.25) is 0 Å². The fourth-order valence-corrected chi connectivity index (χ4v) is 3.05. The van der Waals surface area contributed by atoms with Gasteiger partial charge in [-0.1, -0.05) is 29.8 Å². The van der Waals surface area contributed by atoms with Crippen LogP contribution in [0.4, 0.5) is 0 Å². The second kappa shape index (κ2) is 6.65. The van der Waals surface area contributed by atoms with E-state index in [2.05, 4.69) is 0 Å². The van der Waals surface area contributed by atoms with Gasteiger partial charge in [0, 0.05) is 0 Å². The smallest absolute Gasteiger partial charge is 0.311 e. The van der Waals surface area contributed by atoms with Gasteiger partial charge in [0.2, 0.25) is 0 Å². The van der Waals surface area contributed by atoms with Gasteiger partial charge in [-0.25, -0.2) is 0 Å². The molecule has 0 aromatic heterocycles. The molecule has 0 amide bonds. The van der Waals surface area contributed by atoms with E-state index in [4.69, 9.17) is 4.74 Å². The Kier molecular flexibility index (Phi) is 4.86. The Morgan fingerprint density at radius 3 is 2.09 bits per heavy atom. The normalized spacial score (nSPS) is 12.0. The predicted octanol–water partition coefficient (Wildman–Crippen LogP) is 4.03. The number of hydrogen-bond donors (Lipinski definition) is 1. The monoisotopic (exact) mass is 298 g/mol. The van der Waals surface area contributed by atoms with Crippen molar-refractivity contribution in [1.82, 2.24) is 0 Å². The number of ether oxygens (including phenoxy) is 1. The summed E-state index contributed by atoms with van der Waals surface area (Å²) in [6, 6.07) is 11.7. The summed E-state index contributed by atoms with van der Waals surface area (Å²) in [5.74, 6) is -0.543. The predicted molar refractivity (Wildman–Crippen MR) is 87.7 cm³/mol. The number of aryl methyl sites for hydroxylation is 3. The number of carboxylic acid groups (broad SMARTS) is 1. The Labute approximate surface area is 131 Å². The molecule has 0 aliphatic carbocycles. The molecule has 1 N–H and O–H groups in total. The van der Waals surface area contributed by atoms with E-state index >= 15 is 0 Å². The van der Waals surface area contributed by atoms with Gasteiger partial charge in [-0.3, -0.25) is 4.79 Å². The second-order valence-electron chi connectivity index (χ2n) is 5.76. The molecule has 2 rings (SSSR count). The zero-order valence-electron chi connectivity index (χ0n) is 13.5. The van der Waals surface area contributed by atoms with E-state index < -0.39 is 11.9 Å². The highest BCUT2D eigenvalue weighted by atomic mass is 16.5. The zero-order valence-corrected chi connectivity index (χ0v) is 13.5. The molecule has 0 radical (unpaired) electrons. The molecule has 0 bridgehead atoms. The highest BCUT2D eigenvalue weighted by Crippen LogP contribution is 2.29. The minimum atomic E-state index is -0.786. The minimum Gasteiger partial charge on any atom is -0.497 e. The lowest BCUT2D eigenvalue weighted by Gasteiger charge is -2.19. The molecule has 1 atom stereocenters. The third-order valence-corrected chi connectivity index (χ3v) is 3.98. The Hall–Kier alpha value is -2.29. The number of benzene rings is 2. The number of methoxy groups -OCH3 is 1. The summed E-state index contributed by atoms with van der Waals surface area (Å²) in [5.41, 5.74) is 5.16. The van der Waals surface area contributed by atoms with Gasteiger partial charge in [0.05, 0.1) is 13.0 Å². The SMILES string of the molecule is COc1ccc(CC(C(=O)O)c2c(C)cc(C)cc2C)cc1. The maximum Gasteiger partial charge on any atom is 0.311 e. The standard InChI is InChI=1S/C19H22O3/c1-12-9-13(2)18(14(3)10-12)17(19(20)21)11-15-5-7-16(22-4)8-6-15/h5-10,17H,11H2,1-4H3,(H,20,21). The van der Waals surface area contributed by atoms with E-state index in [0.29, 0.717) is 6.42 Å². The van der Waals surface area contributed by atoms with Gasteiger partial charge in [-0.05, 0) is 61.6 Å². The first-order chi connectivity index (χ1) is 10.4. The van der Waals surface area contributed by atoms with Crippen LogP contribution in [-0.2, 0) is 11.2 Å². The average Bonchev–Trinajstić information content (AvgIpc) is 2.45. The van der Waals surface area contributed by atoms with Crippen LogP contribution >= 0.6 is 0 Å². The van der Waals surface area contributed by atoms with E-state index in [1.165, 1.54) is 0 Å². The van der Waals surface area contributed by atoms with Crippen LogP contribution in [0, 0.1) is 20.8 Å². The quantitative estimate of drug-likeness (QED) is 0.906. The number of carboxylic acids is 1. The molecule has 22 heavy (non-hydrogen) atoms. The molecule has 116 valence electrons. The first kappa shape index (κ1) is 16.1. The largest absolute Gasteiger partial charge is 0.497 e. The third kappa shape index (κ3) is 3.48. The molecule has 0 spiro atoms. The number of carbonyl (C=O) groups is 1. The van der Waals surface area contributed by atoms with Crippen molar-refractivity contribution in [2.75, 3.05) is 7.11 Å². The van der Waals surface area contributed by atoms with Crippen LogP contribution in [0.3, 0.4) is 0 Å². The summed E-state index contributed by atoms with van der Waals surface area (Å²) in [6.45, 7) is 6.00. The Morgan fingerprint density at radius 1 is 1.09 bits per heavy atom. The number of rotatable bonds is 5. The van der Waals surface area contributed by atoms with Gasteiger partial charge in [-0.2, -0.15) is 0 Å². The van der Waals surface area contributed by atoms with Crippen LogP contribution in [0.15, 0.2) is 36.4 Å². The van der Waals surface area contributed by atoms with Crippen molar-refractivity contribution in [3.63, 3.8) is 0 Å². The summed E-state index contributed by atoms with van der Waals surface area (Å²) in [4.78, 5) is 11.8. The van der Waals surface area contributed by atoms with E-state index in [1.54, 1.807) is 7.11 Å². The van der Waals surface area contributed by atoms with Crippen molar-refractivity contribution in [3.8, 4) is 5.75 Å². The van der Waals surface area contributed by atoms with E-state index in [1.807, 2.05) is 57.2 Å². The number of aliphatic carboxylic acids is 1. The molecule has 2 aromatic rings. The molecule has 1 unspecified atom stereocenters. The summed E-state index contributed by atoms with van der Waals surface area (Å²) in [5, 5.41) is 9.68. The number of hydrogen-bond acceptors (Lipinski definition) is 2. The van der Waals surface area contributed by atoms with E-state index in [-0.39, 0.29) is 0 Å². The van der Waals surface area contributed by atoms with Crippen LogP contribution in [-0.4, -0.2) is 18.2 Å². The molecule has 3 heteroatoms. The second-order valence-corrected chi connectivity index (χ2v) is 5.76. The minimum absolute atomic E-state index is 0.476. The van der Waals surface area contributed by atoms with Crippen LogP contribution < -0.4 is 4.74 Å². The maximum absolute atomic E-state index is 11.8. The Balaban J connectivity index is 2.36. The van der Waals surface area contributed by atoms with Gasteiger partial charge >= 0.3 is 5.97 Å². The summed E-state index contributed by atoms with van der Waals surface area (Å²) >= 11 is 0. The fourth-order valence-electron chi connectivity index (χ4n) is 3.05. The topological polar surface area (TPSA) is 46.5 Å². The molecule has 0 aliphatic heterocycles. The molecule has 0 heterocycles. The van der Waals surface area contributed by atoms with Crippen molar-refractivity contribution in [2.24, 2.45) is 0 Å². The van der Waals surface area contributed by atoms with Crippen molar-refractivity contribution in [2.45, 2.75) is 33.1 Å².